The number of hydrogen-bond acceptors (Lipinski definition) is 8. The molecule has 0 spiro atoms. The Labute approximate surface area is 200 Å². The number of amides is 1. The Bertz CT molecular complexity index is 1490. The molecule has 2 unspecified atom stereocenters. The first kappa shape index (κ1) is 22.1. The van der Waals surface area contributed by atoms with Crippen molar-refractivity contribution in [3.05, 3.63) is 60.2 Å². The van der Waals surface area contributed by atoms with E-state index in [0.29, 0.717) is 40.5 Å². The number of carbonyl (C=O) groups excluding carboxylic acids is 1. The molecule has 4 heterocycles. The lowest BCUT2D eigenvalue weighted by Crippen LogP contribution is -2.36. The van der Waals surface area contributed by atoms with Gasteiger partial charge in [-0.25, -0.2) is 9.50 Å². The van der Waals surface area contributed by atoms with Crippen molar-refractivity contribution < 1.29 is 14.3 Å². The summed E-state index contributed by atoms with van der Waals surface area (Å²) in [7, 11) is 1.52. The zero-order chi connectivity index (χ0) is 24.4. The number of fused-ring (bicyclic) bond motifs is 1. The van der Waals surface area contributed by atoms with Gasteiger partial charge in [-0.2, -0.15) is 20.7 Å². The minimum atomic E-state index is -0.424. The molecule has 11 heteroatoms. The molecular formula is C24H20N8O3. The van der Waals surface area contributed by atoms with Crippen LogP contribution in [0.2, 0.25) is 0 Å². The van der Waals surface area contributed by atoms with E-state index in [-0.39, 0.29) is 24.1 Å². The minimum Gasteiger partial charge on any atom is -0.496 e. The molecule has 0 bridgehead atoms. The molecule has 1 amide bonds. The van der Waals surface area contributed by atoms with E-state index in [1.807, 2.05) is 0 Å². The molecule has 1 aromatic carbocycles. The average molecular weight is 468 g/mol. The van der Waals surface area contributed by atoms with Crippen LogP contribution in [-0.4, -0.2) is 50.1 Å². The van der Waals surface area contributed by atoms with Gasteiger partial charge in [-0.15, -0.1) is 0 Å². The third-order valence-electron chi connectivity index (χ3n) is 5.89. The third-order valence-corrected chi connectivity index (χ3v) is 5.89. The molecule has 2 atom stereocenters. The zero-order valence-electron chi connectivity index (χ0n) is 18.8. The molecule has 5 rings (SSSR count). The van der Waals surface area contributed by atoms with Crippen molar-refractivity contribution >= 4 is 17.2 Å². The summed E-state index contributed by atoms with van der Waals surface area (Å²) in [4.78, 5) is 17.5. The van der Waals surface area contributed by atoms with E-state index in [4.69, 9.17) is 14.6 Å². The van der Waals surface area contributed by atoms with Crippen LogP contribution in [0, 0.1) is 22.7 Å². The van der Waals surface area contributed by atoms with E-state index >= 15 is 0 Å². The number of methoxy groups -OCH3 is 1. The summed E-state index contributed by atoms with van der Waals surface area (Å²) in [6, 6.07) is 10.7. The first-order chi connectivity index (χ1) is 17.1. The lowest BCUT2D eigenvalue weighted by Gasteiger charge is -2.32. The molecule has 35 heavy (non-hydrogen) atoms. The molecule has 174 valence electrons. The highest BCUT2D eigenvalue weighted by atomic mass is 16.5. The van der Waals surface area contributed by atoms with Gasteiger partial charge in [0.05, 0.1) is 55.3 Å². The van der Waals surface area contributed by atoms with Gasteiger partial charge in [0.15, 0.2) is 5.65 Å². The molecular weight excluding hydrogens is 448 g/mol. The monoisotopic (exact) mass is 468 g/mol. The van der Waals surface area contributed by atoms with Crippen LogP contribution in [0.4, 0.5) is 5.69 Å². The number of anilines is 1. The van der Waals surface area contributed by atoms with Gasteiger partial charge in [-0.1, -0.05) is 0 Å². The molecule has 1 saturated heterocycles. The topological polar surface area (TPSA) is 143 Å². The fourth-order valence-electron chi connectivity index (χ4n) is 4.04. The third kappa shape index (κ3) is 4.05. The van der Waals surface area contributed by atoms with E-state index in [1.165, 1.54) is 17.8 Å². The number of nitriles is 2. The smallest absolute Gasteiger partial charge is 0.261 e. The molecule has 11 nitrogen and oxygen atoms in total. The van der Waals surface area contributed by atoms with Gasteiger partial charge in [0, 0.05) is 30.8 Å². The second kappa shape index (κ2) is 9.25. The first-order valence-corrected chi connectivity index (χ1v) is 10.9. The van der Waals surface area contributed by atoms with Gasteiger partial charge in [0.25, 0.3) is 5.91 Å². The lowest BCUT2D eigenvalue weighted by molar-refractivity contribution is -0.0814. The Morgan fingerprint density at radius 1 is 1.40 bits per heavy atom. The standard InChI is InChI=1S/C24H20N8O3/c1-34-20-4-3-15(12-26)11-16(20)22-18(14-32(30-22)19(5-7-25)21-6-10-35-21)29-24(33)17-13-28-31-9-2-8-27-23(17)31/h2-4,8-9,11,13-14,19,21H,5-6,10H2,1H3,(H,29,33). The molecule has 0 aliphatic carbocycles. The van der Waals surface area contributed by atoms with Crippen molar-refractivity contribution in [2.45, 2.75) is 25.0 Å². The fraction of sp³-hybridized carbons (Fsp3) is 0.250. The van der Waals surface area contributed by atoms with E-state index in [0.717, 1.165) is 6.42 Å². The number of benzene rings is 1. The van der Waals surface area contributed by atoms with Crippen LogP contribution in [0.1, 0.15) is 34.8 Å². The van der Waals surface area contributed by atoms with Gasteiger partial charge >= 0.3 is 0 Å². The van der Waals surface area contributed by atoms with E-state index in [9.17, 15) is 15.3 Å². The average Bonchev–Trinajstić information content (AvgIpc) is 3.46. The molecule has 0 saturated carbocycles. The summed E-state index contributed by atoms with van der Waals surface area (Å²) in [6.45, 7) is 0.629. The Balaban J connectivity index is 1.60. The van der Waals surface area contributed by atoms with E-state index in [1.54, 1.807) is 47.5 Å². The first-order valence-electron chi connectivity index (χ1n) is 10.9. The second-order valence-corrected chi connectivity index (χ2v) is 7.93. The highest BCUT2D eigenvalue weighted by Gasteiger charge is 2.32. The summed E-state index contributed by atoms with van der Waals surface area (Å²) in [5.41, 5.74) is 2.44. The maximum atomic E-state index is 13.3. The van der Waals surface area contributed by atoms with Crippen LogP contribution in [-0.2, 0) is 4.74 Å². The van der Waals surface area contributed by atoms with Crippen LogP contribution in [0.5, 0.6) is 5.75 Å². The number of rotatable bonds is 7. The molecule has 3 aromatic heterocycles. The predicted molar refractivity (Wildman–Crippen MR) is 123 cm³/mol. The van der Waals surface area contributed by atoms with Crippen LogP contribution < -0.4 is 10.1 Å². The maximum absolute atomic E-state index is 13.3. The van der Waals surface area contributed by atoms with Crippen molar-refractivity contribution in [3.8, 4) is 29.1 Å². The summed E-state index contributed by atoms with van der Waals surface area (Å²) >= 11 is 0. The fourth-order valence-corrected chi connectivity index (χ4v) is 4.04. The van der Waals surface area contributed by atoms with Crippen LogP contribution in [0.25, 0.3) is 16.9 Å². The second-order valence-electron chi connectivity index (χ2n) is 7.93. The maximum Gasteiger partial charge on any atom is 0.261 e. The van der Waals surface area contributed by atoms with E-state index < -0.39 is 5.91 Å². The Kier molecular flexibility index (Phi) is 5.83. The SMILES string of the molecule is COc1ccc(C#N)cc1-c1nn(C(CC#N)C2CCO2)cc1NC(=O)c1cnn2cccnc12. The van der Waals surface area contributed by atoms with Crippen molar-refractivity contribution in [2.24, 2.45) is 0 Å². The van der Waals surface area contributed by atoms with Crippen LogP contribution in [0.3, 0.4) is 0 Å². The predicted octanol–water partition coefficient (Wildman–Crippen LogP) is 2.97. The summed E-state index contributed by atoms with van der Waals surface area (Å²) < 4.78 is 14.3. The van der Waals surface area contributed by atoms with E-state index in [2.05, 4.69) is 27.5 Å². The largest absolute Gasteiger partial charge is 0.496 e. The highest BCUT2D eigenvalue weighted by Crippen LogP contribution is 2.37. The van der Waals surface area contributed by atoms with Crippen molar-refractivity contribution in [3.63, 3.8) is 0 Å². The van der Waals surface area contributed by atoms with Gasteiger partial charge < -0.3 is 14.8 Å². The van der Waals surface area contributed by atoms with Crippen LogP contribution in [0.15, 0.2) is 49.1 Å². The van der Waals surface area contributed by atoms with Crippen molar-refractivity contribution in [1.82, 2.24) is 24.4 Å². The molecule has 4 aromatic rings. The quantitative estimate of drug-likeness (QED) is 0.436. The molecule has 1 aliphatic rings. The molecule has 1 aliphatic heterocycles. The number of nitrogens with zero attached hydrogens (tertiary/aromatic N) is 7. The van der Waals surface area contributed by atoms with Gasteiger partial charge in [0.2, 0.25) is 0 Å². The zero-order valence-corrected chi connectivity index (χ0v) is 18.8. The molecule has 0 radical (unpaired) electrons. The molecule has 1 fully saturated rings. The molecule has 1 N–H and O–H groups in total. The van der Waals surface area contributed by atoms with Crippen molar-refractivity contribution in [1.29, 1.82) is 10.5 Å². The van der Waals surface area contributed by atoms with Crippen LogP contribution >= 0.6 is 0 Å². The normalized spacial score (nSPS) is 15.6. The number of hydrogen-bond donors (Lipinski definition) is 1. The Morgan fingerprint density at radius 3 is 2.97 bits per heavy atom. The minimum absolute atomic E-state index is 0.151. The van der Waals surface area contributed by atoms with Gasteiger partial charge in [-0.05, 0) is 30.7 Å². The van der Waals surface area contributed by atoms with Gasteiger partial charge in [0.1, 0.15) is 17.0 Å². The lowest BCUT2D eigenvalue weighted by atomic mass is 10.0. The van der Waals surface area contributed by atoms with Gasteiger partial charge in [-0.3, -0.25) is 9.48 Å². The highest BCUT2D eigenvalue weighted by molar-refractivity contribution is 6.09. The Hall–Kier alpha value is -4.74. The number of carbonyl (C=O) groups is 1. The number of aromatic nitrogens is 5. The summed E-state index contributed by atoms with van der Waals surface area (Å²) in [6.07, 6.45) is 7.25. The number of nitrogens with one attached hydrogen (secondary N) is 1. The Morgan fingerprint density at radius 2 is 2.26 bits per heavy atom. The van der Waals surface area contributed by atoms with Crippen molar-refractivity contribution in [2.75, 3.05) is 19.0 Å². The summed E-state index contributed by atoms with van der Waals surface area (Å²) in [5, 5.41) is 30.6. The summed E-state index contributed by atoms with van der Waals surface area (Å²) in [5.74, 6) is 0.0609. The number of ether oxygens (including phenoxy) is 2.